The van der Waals surface area contributed by atoms with Crippen molar-refractivity contribution in [3.8, 4) is 0 Å². The number of aryl methyl sites for hydroxylation is 1. The summed E-state index contributed by atoms with van der Waals surface area (Å²) in [5, 5.41) is 3.33. The number of nitrogens with two attached hydrogens (primary N) is 1. The molecule has 0 bridgehead atoms. The molecule has 0 atom stereocenters. The summed E-state index contributed by atoms with van der Waals surface area (Å²) in [4.78, 5) is 4.27. The Morgan fingerprint density at radius 1 is 1.50 bits per heavy atom. The molecule has 0 aromatic carbocycles. The number of pyridine rings is 1. The van der Waals surface area contributed by atoms with Crippen molar-refractivity contribution in [3.05, 3.63) is 17.8 Å². The maximum atomic E-state index is 5.86. The standard InChI is InChI=1S/C11H19N3/c1-5-11(3,4)14-10-9(12)6-8(2)7-13-10/h6-7H,5,12H2,1-4H3,(H,13,14). The van der Waals surface area contributed by atoms with Crippen LogP contribution in [0.15, 0.2) is 12.3 Å². The van der Waals surface area contributed by atoms with Gasteiger partial charge >= 0.3 is 0 Å². The van der Waals surface area contributed by atoms with Crippen molar-refractivity contribution < 1.29 is 0 Å². The summed E-state index contributed by atoms with van der Waals surface area (Å²) in [5.74, 6) is 0.780. The van der Waals surface area contributed by atoms with Crippen LogP contribution >= 0.6 is 0 Å². The third-order valence-corrected chi connectivity index (χ3v) is 2.39. The monoisotopic (exact) mass is 193 g/mol. The van der Waals surface area contributed by atoms with E-state index < -0.39 is 0 Å². The summed E-state index contributed by atoms with van der Waals surface area (Å²) in [7, 11) is 0. The van der Waals surface area contributed by atoms with Gasteiger partial charge in [0, 0.05) is 11.7 Å². The van der Waals surface area contributed by atoms with Gasteiger partial charge in [0.1, 0.15) is 5.82 Å². The first-order valence-corrected chi connectivity index (χ1v) is 4.95. The molecule has 1 aromatic rings. The molecule has 1 heterocycles. The van der Waals surface area contributed by atoms with E-state index in [1.807, 2.05) is 19.2 Å². The number of hydrogen-bond acceptors (Lipinski definition) is 3. The van der Waals surface area contributed by atoms with Crippen molar-refractivity contribution >= 4 is 11.5 Å². The van der Waals surface area contributed by atoms with E-state index in [1.54, 1.807) is 0 Å². The van der Waals surface area contributed by atoms with Gasteiger partial charge in [-0.25, -0.2) is 4.98 Å². The molecule has 3 heteroatoms. The van der Waals surface area contributed by atoms with Crippen LogP contribution < -0.4 is 11.1 Å². The largest absolute Gasteiger partial charge is 0.396 e. The van der Waals surface area contributed by atoms with Gasteiger partial charge in [-0.2, -0.15) is 0 Å². The number of anilines is 2. The first-order chi connectivity index (χ1) is 6.44. The molecule has 1 rings (SSSR count). The van der Waals surface area contributed by atoms with Gasteiger partial charge in [0.05, 0.1) is 5.69 Å². The quantitative estimate of drug-likeness (QED) is 0.775. The Bertz CT molecular complexity index is 318. The highest BCUT2D eigenvalue weighted by Gasteiger charge is 2.16. The van der Waals surface area contributed by atoms with Crippen LogP contribution in [0.2, 0.25) is 0 Å². The molecule has 3 nitrogen and oxygen atoms in total. The predicted molar refractivity (Wildman–Crippen MR) is 61.4 cm³/mol. The SMILES string of the molecule is CCC(C)(C)Nc1ncc(C)cc1N. The van der Waals surface area contributed by atoms with Gasteiger partial charge in [-0.05, 0) is 38.8 Å². The van der Waals surface area contributed by atoms with E-state index in [4.69, 9.17) is 5.73 Å². The maximum absolute atomic E-state index is 5.86. The summed E-state index contributed by atoms with van der Waals surface area (Å²) < 4.78 is 0. The Labute approximate surface area is 85.7 Å². The van der Waals surface area contributed by atoms with Crippen LogP contribution in [0.25, 0.3) is 0 Å². The first kappa shape index (κ1) is 10.8. The molecule has 0 aliphatic heterocycles. The van der Waals surface area contributed by atoms with Gasteiger partial charge in [-0.15, -0.1) is 0 Å². The molecule has 0 aliphatic rings. The minimum atomic E-state index is 0.0381. The van der Waals surface area contributed by atoms with Gasteiger partial charge < -0.3 is 11.1 Å². The lowest BCUT2D eigenvalue weighted by Crippen LogP contribution is -2.30. The number of nitrogen functional groups attached to an aromatic ring is 1. The van der Waals surface area contributed by atoms with Gasteiger partial charge in [-0.3, -0.25) is 0 Å². The van der Waals surface area contributed by atoms with Gasteiger partial charge in [0.2, 0.25) is 0 Å². The summed E-state index contributed by atoms with van der Waals surface area (Å²) in [6.07, 6.45) is 2.85. The lowest BCUT2D eigenvalue weighted by molar-refractivity contribution is 0.545. The molecular weight excluding hydrogens is 174 g/mol. The lowest BCUT2D eigenvalue weighted by Gasteiger charge is -2.25. The molecule has 0 amide bonds. The topological polar surface area (TPSA) is 50.9 Å². The molecule has 3 N–H and O–H groups in total. The third kappa shape index (κ3) is 2.62. The summed E-state index contributed by atoms with van der Waals surface area (Å²) >= 11 is 0. The average molecular weight is 193 g/mol. The second kappa shape index (κ2) is 3.86. The Hall–Kier alpha value is -1.25. The normalized spacial score (nSPS) is 11.4. The average Bonchev–Trinajstić information content (AvgIpc) is 2.10. The second-order valence-electron chi connectivity index (χ2n) is 4.31. The van der Waals surface area contributed by atoms with Crippen LogP contribution in [-0.2, 0) is 0 Å². The number of hydrogen-bond donors (Lipinski definition) is 2. The molecule has 1 aromatic heterocycles. The van der Waals surface area contributed by atoms with Gasteiger partial charge in [-0.1, -0.05) is 6.92 Å². The van der Waals surface area contributed by atoms with Crippen LogP contribution in [0.5, 0.6) is 0 Å². The third-order valence-electron chi connectivity index (χ3n) is 2.39. The van der Waals surface area contributed by atoms with Gasteiger partial charge in [0.25, 0.3) is 0 Å². The van der Waals surface area contributed by atoms with Crippen LogP contribution in [-0.4, -0.2) is 10.5 Å². The first-order valence-electron chi connectivity index (χ1n) is 4.95. The molecule has 14 heavy (non-hydrogen) atoms. The number of nitrogens with zero attached hydrogens (tertiary/aromatic N) is 1. The molecule has 78 valence electrons. The molecule has 0 fully saturated rings. The predicted octanol–water partition coefficient (Wildman–Crippen LogP) is 2.57. The van der Waals surface area contributed by atoms with Crippen LogP contribution in [0, 0.1) is 6.92 Å². The number of nitrogens with one attached hydrogen (secondary N) is 1. The van der Waals surface area contributed by atoms with E-state index in [2.05, 4.69) is 31.1 Å². The molecule has 0 spiro atoms. The Kier molecular flexibility index (Phi) is 2.99. The fourth-order valence-corrected chi connectivity index (χ4v) is 1.11. The minimum Gasteiger partial charge on any atom is -0.396 e. The zero-order valence-corrected chi connectivity index (χ0v) is 9.39. The van der Waals surface area contributed by atoms with Crippen molar-refractivity contribution in [3.63, 3.8) is 0 Å². The lowest BCUT2D eigenvalue weighted by atomic mass is 10.0. The summed E-state index contributed by atoms with van der Waals surface area (Å²) in [6.45, 7) is 8.39. The number of aromatic nitrogens is 1. The van der Waals surface area contributed by atoms with E-state index in [9.17, 15) is 0 Å². The molecular formula is C11H19N3. The fourth-order valence-electron chi connectivity index (χ4n) is 1.11. The Balaban J connectivity index is 2.87. The highest BCUT2D eigenvalue weighted by Crippen LogP contribution is 2.21. The Morgan fingerprint density at radius 2 is 2.14 bits per heavy atom. The molecule has 0 radical (unpaired) electrons. The van der Waals surface area contributed by atoms with Crippen LogP contribution in [0.3, 0.4) is 0 Å². The molecule has 0 unspecified atom stereocenters. The van der Waals surface area contributed by atoms with Crippen molar-refractivity contribution in [1.29, 1.82) is 0 Å². The zero-order chi connectivity index (χ0) is 10.8. The molecule has 0 saturated carbocycles. The van der Waals surface area contributed by atoms with E-state index in [0.717, 1.165) is 17.8 Å². The Morgan fingerprint density at radius 3 is 2.64 bits per heavy atom. The van der Waals surface area contributed by atoms with E-state index in [0.29, 0.717) is 5.69 Å². The highest BCUT2D eigenvalue weighted by atomic mass is 15.1. The fraction of sp³-hybridized carbons (Fsp3) is 0.545. The van der Waals surface area contributed by atoms with Gasteiger partial charge in [0.15, 0.2) is 0 Å². The van der Waals surface area contributed by atoms with E-state index in [1.165, 1.54) is 0 Å². The summed E-state index contributed by atoms with van der Waals surface area (Å²) in [6, 6.07) is 1.93. The highest BCUT2D eigenvalue weighted by molar-refractivity contribution is 5.62. The second-order valence-corrected chi connectivity index (χ2v) is 4.31. The van der Waals surface area contributed by atoms with Crippen LogP contribution in [0.1, 0.15) is 32.8 Å². The van der Waals surface area contributed by atoms with Crippen molar-refractivity contribution in [2.24, 2.45) is 0 Å². The molecule has 0 saturated heterocycles. The van der Waals surface area contributed by atoms with Crippen molar-refractivity contribution in [1.82, 2.24) is 4.98 Å². The van der Waals surface area contributed by atoms with Crippen LogP contribution in [0.4, 0.5) is 11.5 Å². The maximum Gasteiger partial charge on any atom is 0.149 e. The zero-order valence-electron chi connectivity index (χ0n) is 9.39. The number of rotatable bonds is 3. The van der Waals surface area contributed by atoms with Crippen molar-refractivity contribution in [2.45, 2.75) is 39.7 Å². The smallest absolute Gasteiger partial charge is 0.149 e. The molecule has 0 aliphatic carbocycles. The summed E-state index contributed by atoms with van der Waals surface area (Å²) in [5.41, 5.74) is 7.70. The minimum absolute atomic E-state index is 0.0381. The van der Waals surface area contributed by atoms with E-state index >= 15 is 0 Å². The van der Waals surface area contributed by atoms with E-state index in [-0.39, 0.29) is 5.54 Å². The van der Waals surface area contributed by atoms with Crippen molar-refractivity contribution in [2.75, 3.05) is 11.1 Å².